The first-order valence-electron chi connectivity index (χ1n) is 8.19. The highest BCUT2D eigenvalue weighted by Crippen LogP contribution is 2.30. The lowest BCUT2D eigenvalue weighted by Gasteiger charge is -2.35. The van der Waals surface area contributed by atoms with E-state index in [2.05, 4.69) is 40.0 Å². The molecule has 0 bridgehead atoms. The molecule has 1 aromatic heterocycles. The van der Waals surface area contributed by atoms with Crippen molar-refractivity contribution in [1.82, 2.24) is 14.9 Å². The van der Waals surface area contributed by atoms with Crippen molar-refractivity contribution in [3.05, 3.63) is 11.9 Å². The molecule has 0 amide bonds. The van der Waals surface area contributed by atoms with Crippen molar-refractivity contribution in [3.63, 3.8) is 0 Å². The number of anilines is 2. The van der Waals surface area contributed by atoms with E-state index in [1.807, 2.05) is 7.05 Å². The Bertz CT molecular complexity index is 476. The average Bonchev–Trinajstić information content (AvgIpc) is 3.31. The largest absolute Gasteiger partial charge is 0.373 e. The van der Waals surface area contributed by atoms with Gasteiger partial charge in [-0.25, -0.2) is 9.97 Å². The Morgan fingerprint density at radius 1 is 1.19 bits per heavy atom. The van der Waals surface area contributed by atoms with E-state index < -0.39 is 0 Å². The van der Waals surface area contributed by atoms with Gasteiger partial charge in [0.05, 0.1) is 0 Å². The van der Waals surface area contributed by atoms with Crippen molar-refractivity contribution in [2.24, 2.45) is 5.92 Å². The topological polar surface area (TPSA) is 44.3 Å². The van der Waals surface area contributed by atoms with Crippen LogP contribution in [0.2, 0.25) is 0 Å². The molecule has 0 atom stereocenters. The van der Waals surface area contributed by atoms with Gasteiger partial charge >= 0.3 is 0 Å². The first kappa shape index (κ1) is 14.6. The second-order valence-electron chi connectivity index (χ2n) is 6.61. The first-order valence-corrected chi connectivity index (χ1v) is 8.19. The Morgan fingerprint density at radius 2 is 1.90 bits per heavy atom. The van der Waals surface area contributed by atoms with Gasteiger partial charge < -0.3 is 10.2 Å². The number of nitrogens with zero attached hydrogens (tertiary/aromatic N) is 4. The quantitative estimate of drug-likeness (QED) is 0.900. The fourth-order valence-electron chi connectivity index (χ4n) is 2.83. The number of hydrogen-bond acceptors (Lipinski definition) is 5. The predicted molar refractivity (Wildman–Crippen MR) is 87.0 cm³/mol. The van der Waals surface area contributed by atoms with Crippen molar-refractivity contribution in [2.45, 2.75) is 32.6 Å². The SMILES string of the molecule is CNc1cc(N2CCN(CC3CC3)CC2)nc(C(C)C)n1. The maximum absolute atomic E-state index is 4.76. The van der Waals surface area contributed by atoms with Crippen LogP contribution in [0.25, 0.3) is 0 Å². The molecule has 0 unspecified atom stereocenters. The van der Waals surface area contributed by atoms with Gasteiger partial charge in [-0.3, -0.25) is 4.90 Å². The van der Waals surface area contributed by atoms with Crippen LogP contribution in [0.1, 0.15) is 38.4 Å². The molecule has 116 valence electrons. The lowest BCUT2D eigenvalue weighted by atomic mass is 10.2. The van der Waals surface area contributed by atoms with Gasteiger partial charge in [0.1, 0.15) is 17.5 Å². The van der Waals surface area contributed by atoms with Gasteiger partial charge in [-0.15, -0.1) is 0 Å². The summed E-state index contributed by atoms with van der Waals surface area (Å²) in [5.74, 6) is 4.26. The van der Waals surface area contributed by atoms with Gasteiger partial charge in [0, 0.05) is 51.8 Å². The number of hydrogen-bond donors (Lipinski definition) is 1. The van der Waals surface area contributed by atoms with Crippen molar-refractivity contribution in [1.29, 1.82) is 0 Å². The standard InChI is InChI=1S/C16H27N5/c1-12(2)16-18-14(17-3)10-15(19-16)21-8-6-20(7-9-21)11-13-4-5-13/h10,12-13H,4-9,11H2,1-3H3,(H,17,18,19). The summed E-state index contributed by atoms with van der Waals surface area (Å²) in [6.45, 7) is 10.1. The number of aromatic nitrogens is 2. The lowest BCUT2D eigenvalue weighted by Crippen LogP contribution is -2.47. The zero-order chi connectivity index (χ0) is 14.8. The van der Waals surface area contributed by atoms with Crippen LogP contribution >= 0.6 is 0 Å². The molecule has 2 heterocycles. The van der Waals surface area contributed by atoms with Crippen molar-refractivity contribution in [2.75, 3.05) is 50.0 Å². The fraction of sp³-hybridized carbons (Fsp3) is 0.750. The molecule has 21 heavy (non-hydrogen) atoms. The Kier molecular flexibility index (Phi) is 4.29. The molecule has 0 radical (unpaired) electrons. The van der Waals surface area contributed by atoms with E-state index in [1.54, 1.807) is 0 Å². The molecule has 1 aromatic rings. The van der Waals surface area contributed by atoms with E-state index in [4.69, 9.17) is 4.98 Å². The Balaban J connectivity index is 1.67. The third kappa shape index (κ3) is 3.64. The molecule has 5 heteroatoms. The smallest absolute Gasteiger partial charge is 0.135 e. The van der Waals surface area contributed by atoms with E-state index in [-0.39, 0.29) is 0 Å². The van der Waals surface area contributed by atoms with Crippen LogP contribution < -0.4 is 10.2 Å². The highest BCUT2D eigenvalue weighted by atomic mass is 15.3. The summed E-state index contributed by atoms with van der Waals surface area (Å²) in [5, 5.41) is 3.16. The molecule has 2 fully saturated rings. The van der Waals surface area contributed by atoms with Gasteiger partial charge in [-0.2, -0.15) is 0 Å². The molecular formula is C16H27N5. The van der Waals surface area contributed by atoms with E-state index in [0.717, 1.165) is 49.6 Å². The van der Waals surface area contributed by atoms with Gasteiger partial charge in [0.25, 0.3) is 0 Å². The normalized spacial score (nSPS) is 20.1. The van der Waals surface area contributed by atoms with E-state index >= 15 is 0 Å². The molecular weight excluding hydrogens is 262 g/mol. The maximum atomic E-state index is 4.76. The zero-order valence-electron chi connectivity index (χ0n) is 13.5. The summed E-state index contributed by atoms with van der Waals surface area (Å²) in [6.07, 6.45) is 2.88. The van der Waals surface area contributed by atoms with E-state index in [1.165, 1.54) is 19.4 Å². The van der Waals surface area contributed by atoms with Crippen LogP contribution in [0, 0.1) is 5.92 Å². The Morgan fingerprint density at radius 3 is 2.48 bits per heavy atom. The Labute approximate surface area is 127 Å². The molecule has 3 rings (SSSR count). The lowest BCUT2D eigenvalue weighted by molar-refractivity contribution is 0.247. The molecule has 1 saturated carbocycles. The van der Waals surface area contributed by atoms with Crippen LogP contribution in [0.15, 0.2) is 6.07 Å². The third-order valence-electron chi connectivity index (χ3n) is 4.41. The van der Waals surface area contributed by atoms with Crippen molar-refractivity contribution >= 4 is 11.6 Å². The second kappa shape index (κ2) is 6.18. The molecule has 1 aliphatic heterocycles. The third-order valence-corrected chi connectivity index (χ3v) is 4.41. The second-order valence-corrected chi connectivity index (χ2v) is 6.61. The van der Waals surface area contributed by atoms with Gasteiger partial charge in [0.2, 0.25) is 0 Å². The molecule has 2 aliphatic rings. The summed E-state index contributed by atoms with van der Waals surface area (Å²) in [7, 11) is 1.92. The van der Waals surface area contributed by atoms with E-state index in [9.17, 15) is 0 Å². The van der Waals surface area contributed by atoms with Crippen LogP contribution in [0.3, 0.4) is 0 Å². The van der Waals surface area contributed by atoms with Gasteiger partial charge in [0.15, 0.2) is 0 Å². The van der Waals surface area contributed by atoms with Crippen molar-refractivity contribution < 1.29 is 0 Å². The monoisotopic (exact) mass is 289 g/mol. The molecule has 0 aromatic carbocycles. The summed E-state index contributed by atoms with van der Waals surface area (Å²) < 4.78 is 0. The molecule has 1 aliphatic carbocycles. The molecule has 1 N–H and O–H groups in total. The van der Waals surface area contributed by atoms with Gasteiger partial charge in [-0.05, 0) is 18.8 Å². The Hall–Kier alpha value is -1.36. The van der Waals surface area contributed by atoms with Crippen LogP contribution in [-0.2, 0) is 0 Å². The minimum Gasteiger partial charge on any atom is -0.373 e. The molecule has 1 saturated heterocycles. The number of rotatable bonds is 5. The minimum atomic E-state index is 0.355. The maximum Gasteiger partial charge on any atom is 0.135 e. The molecule has 0 spiro atoms. The summed E-state index contributed by atoms with van der Waals surface area (Å²) in [6, 6.07) is 2.07. The van der Waals surface area contributed by atoms with Crippen LogP contribution in [0.4, 0.5) is 11.6 Å². The summed E-state index contributed by atoms with van der Waals surface area (Å²) in [5.41, 5.74) is 0. The highest BCUT2D eigenvalue weighted by molar-refractivity contribution is 5.49. The van der Waals surface area contributed by atoms with Gasteiger partial charge in [-0.1, -0.05) is 13.8 Å². The summed E-state index contributed by atoms with van der Waals surface area (Å²) in [4.78, 5) is 14.3. The van der Waals surface area contributed by atoms with Crippen LogP contribution in [0.5, 0.6) is 0 Å². The first-order chi connectivity index (χ1) is 10.2. The molecule has 5 nitrogen and oxygen atoms in total. The zero-order valence-corrected chi connectivity index (χ0v) is 13.5. The number of piperazine rings is 1. The van der Waals surface area contributed by atoms with E-state index in [0.29, 0.717) is 5.92 Å². The number of nitrogens with one attached hydrogen (secondary N) is 1. The average molecular weight is 289 g/mol. The fourth-order valence-corrected chi connectivity index (χ4v) is 2.83. The van der Waals surface area contributed by atoms with Crippen molar-refractivity contribution in [3.8, 4) is 0 Å². The minimum absolute atomic E-state index is 0.355. The van der Waals surface area contributed by atoms with Crippen LogP contribution in [-0.4, -0.2) is 54.6 Å². The predicted octanol–water partition coefficient (Wildman–Crippen LogP) is 2.17. The highest BCUT2D eigenvalue weighted by Gasteiger charge is 2.27. The summed E-state index contributed by atoms with van der Waals surface area (Å²) >= 11 is 0.